The van der Waals surface area contributed by atoms with Crippen molar-refractivity contribution in [3.63, 3.8) is 0 Å². The summed E-state index contributed by atoms with van der Waals surface area (Å²) in [5, 5.41) is 44.5. The molecule has 1 amide bonds. The second-order valence-corrected chi connectivity index (χ2v) is 9.13. The first kappa shape index (κ1) is 22.1. The fourth-order valence-electron chi connectivity index (χ4n) is 3.42. The number of para-hydroxylation sites is 1. The van der Waals surface area contributed by atoms with Crippen LogP contribution < -0.4 is 15.5 Å². The molecular formula is C20H22N6O4S2. The van der Waals surface area contributed by atoms with E-state index in [1.54, 1.807) is 19.9 Å². The molecule has 1 aromatic carbocycles. The van der Waals surface area contributed by atoms with Crippen LogP contribution in [0.25, 0.3) is 0 Å². The summed E-state index contributed by atoms with van der Waals surface area (Å²) in [5.41, 5.74) is 2.23. The lowest BCUT2D eigenvalue weighted by Crippen LogP contribution is -2.37. The highest BCUT2D eigenvalue weighted by Crippen LogP contribution is 2.37. The average Bonchev–Trinajstić information content (AvgIpc) is 3.41. The van der Waals surface area contributed by atoms with Crippen molar-refractivity contribution in [2.75, 3.05) is 16.8 Å². The number of rotatable bonds is 6. The van der Waals surface area contributed by atoms with E-state index in [2.05, 4.69) is 20.0 Å². The molecule has 168 valence electrons. The van der Waals surface area contributed by atoms with Gasteiger partial charge in [0.15, 0.2) is 5.13 Å². The molecule has 0 spiro atoms. The van der Waals surface area contributed by atoms with Crippen LogP contribution in [-0.4, -0.2) is 55.3 Å². The highest BCUT2D eigenvalue weighted by Gasteiger charge is 2.34. The van der Waals surface area contributed by atoms with Gasteiger partial charge in [-0.05, 0) is 37.0 Å². The van der Waals surface area contributed by atoms with E-state index in [0.717, 1.165) is 28.4 Å². The number of amidine groups is 1. The number of aromatic hydroxyl groups is 1. The van der Waals surface area contributed by atoms with Gasteiger partial charge in [-0.1, -0.05) is 29.5 Å². The Morgan fingerprint density at radius 2 is 2.16 bits per heavy atom. The number of hydrogen-bond acceptors (Lipinski definition) is 10. The number of thiazole rings is 1. The Morgan fingerprint density at radius 3 is 2.91 bits per heavy atom. The Hall–Kier alpha value is -3.06. The van der Waals surface area contributed by atoms with Gasteiger partial charge in [0.25, 0.3) is 5.91 Å². The van der Waals surface area contributed by atoms with Crippen molar-refractivity contribution in [3.05, 3.63) is 46.0 Å². The van der Waals surface area contributed by atoms with E-state index < -0.39 is 6.23 Å². The molecule has 10 nitrogen and oxygen atoms in total. The van der Waals surface area contributed by atoms with E-state index in [0.29, 0.717) is 32.8 Å². The maximum atomic E-state index is 13.2. The lowest BCUT2D eigenvalue weighted by molar-refractivity contribution is 0.0907. The van der Waals surface area contributed by atoms with Crippen molar-refractivity contribution in [2.45, 2.75) is 32.5 Å². The number of aliphatic hydroxyl groups excluding tert-OH is 2. The second kappa shape index (κ2) is 8.82. The van der Waals surface area contributed by atoms with Gasteiger partial charge in [-0.25, -0.2) is 4.98 Å². The van der Waals surface area contributed by atoms with Crippen LogP contribution in [0.4, 0.5) is 15.8 Å². The molecule has 2 unspecified atom stereocenters. The Bertz CT molecular complexity index is 1180. The molecule has 32 heavy (non-hydrogen) atoms. The molecule has 3 aromatic rings. The van der Waals surface area contributed by atoms with Crippen LogP contribution in [0.1, 0.15) is 33.4 Å². The third-order valence-corrected chi connectivity index (χ3v) is 6.78. The predicted molar refractivity (Wildman–Crippen MR) is 123 cm³/mol. The van der Waals surface area contributed by atoms with Gasteiger partial charge in [0.2, 0.25) is 5.88 Å². The number of fused-ring (bicyclic) bond motifs is 1. The smallest absolute Gasteiger partial charge is 0.272 e. The molecule has 0 aliphatic carbocycles. The first-order valence-electron chi connectivity index (χ1n) is 9.79. The first-order chi connectivity index (χ1) is 15.3. The Morgan fingerprint density at radius 1 is 1.41 bits per heavy atom. The third kappa shape index (κ3) is 4.05. The minimum atomic E-state index is -0.942. The lowest BCUT2D eigenvalue weighted by atomic mass is 10.2. The number of anilines is 3. The molecule has 0 saturated heterocycles. The Balaban J connectivity index is 1.58. The second-order valence-electron chi connectivity index (χ2n) is 7.36. The van der Waals surface area contributed by atoms with E-state index in [1.807, 2.05) is 18.2 Å². The summed E-state index contributed by atoms with van der Waals surface area (Å²) in [5.74, 6) is -0.757. The number of carbonyl (C=O) groups is 1. The van der Waals surface area contributed by atoms with E-state index in [9.17, 15) is 20.1 Å². The number of nitrogens with one attached hydrogen (secondary N) is 3. The highest BCUT2D eigenvalue weighted by atomic mass is 32.1. The molecule has 0 fully saturated rings. The normalized spacial score (nSPS) is 16.0. The monoisotopic (exact) mass is 474 g/mol. The van der Waals surface area contributed by atoms with Gasteiger partial charge in [-0.15, -0.1) is 0 Å². The zero-order chi connectivity index (χ0) is 23.0. The zero-order valence-corrected chi connectivity index (χ0v) is 18.9. The van der Waals surface area contributed by atoms with Gasteiger partial charge in [-0.3, -0.25) is 15.1 Å². The summed E-state index contributed by atoms with van der Waals surface area (Å²) >= 11 is 2.07. The fourth-order valence-corrected chi connectivity index (χ4v) is 5.09. The van der Waals surface area contributed by atoms with E-state index in [4.69, 9.17) is 5.41 Å². The van der Waals surface area contributed by atoms with E-state index in [-0.39, 0.29) is 35.8 Å². The molecule has 1 aliphatic rings. The van der Waals surface area contributed by atoms with Crippen molar-refractivity contribution in [3.8, 4) is 5.88 Å². The van der Waals surface area contributed by atoms with Gasteiger partial charge in [0, 0.05) is 12.5 Å². The predicted octanol–water partition coefficient (Wildman–Crippen LogP) is 2.17. The first-order valence-corrected chi connectivity index (χ1v) is 11.4. The molecule has 3 heterocycles. The van der Waals surface area contributed by atoms with Gasteiger partial charge < -0.3 is 26.0 Å². The van der Waals surface area contributed by atoms with Crippen LogP contribution in [-0.2, 0) is 6.42 Å². The van der Waals surface area contributed by atoms with Gasteiger partial charge in [0.05, 0.1) is 18.0 Å². The molecular weight excluding hydrogens is 452 g/mol. The van der Waals surface area contributed by atoms with Gasteiger partial charge in [0.1, 0.15) is 27.5 Å². The fraction of sp³-hybridized carbons (Fsp3) is 0.300. The maximum absolute atomic E-state index is 13.2. The van der Waals surface area contributed by atoms with Crippen molar-refractivity contribution in [1.82, 2.24) is 14.7 Å². The third-order valence-electron chi connectivity index (χ3n) is 4.97. The summed E-state index contributed by atoms with van der Waals surface area (Å²) in [7, 11) is 0. The van der Waals surface area contributed by atoms with E-state index in [1.165, 1.54) is 4.90 Å². The number of hydrogen-bond donors (Lipinski definition) is 6. The summed E-state index contributed by atoms with van der Waals surface area (Å²) < 4.78 is 3.89. The largest absolute Gasteiger partial charge is 0.492 e. The molecule has 0 bridgehead atoms. The minimum Gasteiger partial charge on any atom is -0.492 e. The van der Waals surface area contributed by atoms with Crippen LogP contribution in [0.2, 0.25) is 0 Å². The molecule has 4 rings (SSSR count). The average molecular weight is 475 g/mol. The van der Waals surface area contributed by atoms with Crippen LogP contribution in [0.15, 0.2) is 24.3 Å². The molecule has 12 heteroatoms. The molecule has 1 aliphatic heterocycles. The molecule has 0 saturated carbocycles. The van der Waals surface area contributed by atoms with Crippen LogP contribution in [0.3, 0.4) is 0 Å². The minimum absolute atomic E-state index is 0.0957. The van der Waals surface area contributed by atoms with Crippen molar-refractivity contribution >= 4 is 50.4 Å². The molecule has 6 N–H and O–H groups in total. The number of aromatic nitrogens is 2. The SMILES string of the molecule is Cc1nc(Nc2snc(O)c2C(=N)NC(C)CO)sc1C(=O)N1c2ccccc2CC1O. The van der Waals surface area contributed by atoms with Crippen LogP contribution >= 0.6 is 22.9 Å². The Kier molecular flexibility index (Phi) is 6.11. The number of amides is 1. The number of benzene rings is 1. The number of aliphatic hydroxyl groups is 2. The zero-order valence-electron chi connectivity index (χ0n) is 17.3. The van der Waals surface area contributed by atoms with Gasteiger partial charge >= 0.3 is 0 Å². The molecule has 0 radical (unpaired) electrons. The van der Waals surface area contributed by atoms with E-state index >= 15 is 0 Å². The quantitative estimate of drug-likeness (QED) is 0.235. The van der Waals surface area contributed by atoms with Crippen LogP contribution in [0.5, 0.6) is 5.88 Å². The van der Waals surface area contributed by atoms with Crippen molar-refractivity contribution < 1.29 is 20.1 Å². The topological polar surface area (TPSA) is 155 Å². The lowest BCUT2D eigenvalue weighted by Gasteiger charge is -2.20. The number of aryl methyl sites for hydroxylation is 1. The van der Waals surface area contributed by atoms with Crippen molar-refractivity contribution in [1.29, 1.82) is 5.41 Å². The van der Waals surface area contributed by atoms with Gasteiger partial charge in [-0.2, -0.15) is 4.37 Å². The highest BCUT2D eigenvalue weighted by molar-refractivity contribution is 7.18. The Labute approximate surface area is 191 Å². The number of nitrogens with zero attached hydrogens (tertiary/aromatic N) is 3. The number of carbonyl (C=O) groups excluding carboxylic acids is 1. The summed E-state index contributed by atoms with van der Waals surface area (Å²) in [6.45, 7) is 3.23. The molecule has 2 aromatic heterocycles. The molecule has 2 atom stereocenters. The summed E-state index contributed by atoms with van der Waals surface area (Å²) in [4.78, 5) is 19.4. The summed E-state index contributed by atoms with van der Waals surface area (Å²) in [6, 6.07) is 7.00. The standard InChI is InChI=1S/C20H22N6O4S2/c1-9(8-27)22-16(21)14-17(29)25-32-18(14)24-20-23-10(2)15(31-20)19(30)26-12-6-4-3-5-11(12)7-13(26)28/h3-6,9,13,27-28H,7-8H2,1-2H3,(H2,21,22)(H,23,24)(H,25,29). The van der Waals surface area contributed by atoms with Crippen molar-refractivity contribution in [2.24, 2.45) is 0 Å². The van der Waals surface area contributed by atoms with Crippen LogP contribution in [0, 0.1) is 12.3 Å². The summed E-state index contributed by atoms with van der Waals surface area (Å²) in [6.07, 6.45) is -0.571. The maximum Gasteiger partial charge on any atom is 0.272 e.